The zero-order chi connectivity index (χ0) is 9.42. The second kappa shape index (κ2) is 3.01. The van der Waals surface area contributed by atoms with E-state index in [0.29, 0.717) is 5.92 Å². The largest absolute Gasteiger partial charge is 0.481 e. The average molecular weight is 183 g/mol. The molecule has 4 nitrogen and oxygen atoms in total. The molecule has 0 spiro atoms. The van der Waals surface area contributed by atoms with Crippen LogP contribution in [0.25, 0.3) is 0 Å². The fourth-order valence-corrected chi connectivity index (χ4v) is 2.70. The summed E-state index contributed by atoms with van der Waals surface area (Å²) in [6.07, 6.45) is 2.81. The van der Waals surface area contributed by atoms with E-state index in [2.05, 4.69) is 5.16 Å². The predicted molar refractivity (Wildman–Crippen MR) is 46.4 cm³/mol. The number of carboxylic acid groups (broad SMARTS) is 1. The topological polar surface area (TPSA) is 58.9 Å². The van der Waals surface area contributed by atoms with Gasteiger partial charge in [0.2, 0.25) is 0 Å². The molecule has 0 aliphatic heterocycles. The first-order valence-corrected chi connectivity index (χ1v) is 4.56. The van der Waals surface area contributed by atoms with Gasteiger partial charge in [0.05, 0.1) is 11.6 Å². The molecule has 0 aromatic rings. The van der Waals surface area contributed by atoms with E-state index >= 15 is 0 Å². The van der Waals surface area contributed by atoms with Crippen LogP contribution in [0.5, 0.6) is 0 Å². The zero-order valence-corrected chi connectivity index (χ0v) is 7.56. The van der Waals surface area contributed by atoms with Gasteiger partial charge in [-0.15, -0.1) is 0 Å². The third-order valence-electron chi connectivity index (χ3n) is 3.18. The maximum Gasteiger partial charge on any atom is 0.307 e. The van der Waals surface area contributed by atoms with E-state index in [1.807, 2.05) is 0 Å². The Labute approximate surface area is 76.6 Å². The Balaban J connectivity index is 2.19. The molecule has 72 valence electrons. The number of oxime groups is 1. The number of nitrogens with zero attached hydrogens (tertiary/aromatic N) is 1. The fraction of sp³-hybridized carbons (Fsp3) is 0.778. The molecule has 0 unspecified atom stereocenters. The summed E-state index contributed by atoms with van der Waals surface area (Å²) >= 11 is 0. The predicted octanol–water partition coefficient (Wildman–Crippen LogP) is 1.12. The van der Waals surface area contributed by atoms with Crippen LogP contribution in [0, 0.1) is 17.8 Å². The highest BCUT2D eigenvalue weighted by atomic mass is 16.6. The van der Waals surface area contributed by atoms with Gasteiger partial charge in [-0.1, -0.05) is 5.16 Å². The van der Waals surface area contributed by atoms with Crippen molar-refractivity contribution in [1.29, 1.82) is 0 Å². The summed E-state index contributed by atoms with van der Waals surface area (Å²) < 4.78 is 0. The van der Waals surface area contributed by atoms with Crippen LogP contribution in [0.15, 0.2) is 5.16 Å². The van der Waals surface area contributed by atoms with Gasteiger partial charge >= 0.3 is 5.97 Å². The summed E-state index contributed by atoms with van der Waals surface area (Å²) in [5, 5.41) is 12.9. The molecule has 2 fully saturated rings. The zero-order valence-electron chi connectivity index (χ0n) is 7.56. The van der Waals surface area contributed by atoms with E-state index in [9.17, 15) is 4.79 Å². The molecule has 2 rings (SSSR count). The van der Waals surface area contributed by atoms with E-state index in [0.717, 1.165) is 25.0 Å². The van der Waals surface area contributed by atoms with Crippen LogP contribution in [0.4, 0.5) is 0 Å². The molecular formula is C9H13NO3. The van der Waals surface area contributed by atoms with Crippen LogP contribution in [-0.2, 0) is 9.63 Å². The number of hydrogen-bond donors (Lipinski definition) is 1. The molecule has 0 heterocycles. The van der Waals surface area contributed by atoms with Crippen molar-refractivity contribution in [2.75, 3.05) is 7.11 Å². The van der Waals surface area contributed by atoms with Crippen LogP contribution >= 0.6 is 0 Å². The molecule has 3 atom stereocenters. The van der Waals surface area contributed by atoms with Gasteiger partial charge < -0.3 is 9.94 Å². The number of fused-ring (bicyclic) bond motifs is 2. The molecule has 4 heteroatoms. The van der Waals surface area contributed by atoms with E-state index in [-0.39, 0.29) is 11.8 Å². The third kappa shape index (κ3) is 1.20. The lowest BCUT2D eigenvalue weighted by Gasteiger charge is -2.09. The molecule has 0 aromatic heterocycles. The molecule has 1 N–H and O–H groups in total. The van der Waals surface area contributed by atoms with Gasteiger partial charge in [-0.05, 0) is 25.2 Å². The van der Waals surface area contributed by atoms with Crippen molar-refractivity contribution in [2.45, 2.75) is 19.3 Å². The summed E-state index contributed by atoms with van der Waals surface area (Å²) in [6.45, 7) is 0. The second-order valence-corrected chi connectivity index (χ2v) is 3.78. The molecule has 2 bridgehead atoms. The van der Waals surface area contributed by atoms with E-state index in [1.54, 1.807) is 0 Å². The third-order valence-corrected chi connectivity index (χ3v) is 3.18. The molecule has 0 aromatic carbocycles. The van der Waals surface area contributed by atoms with Crippen LogP contribution in [-0.4, -0.2) is 23.9 Å². The van der Waals surface area contributed by atoms with Gasteiger partial charge in [0, 0.05) is 5.92 Å². The minimum Gasteiger partial charge on any atom is -0.481 e. The Kier molecular flexibility index (Phi) is 1.98. The van der Waals surface area contributed by atoms with Gasteiger partial charge in [0.15, 0.2) is 0 Å². The molecule has 2 aliphatic rings. The number of carbonyl (C=O) groups is 1. The summed E-state index contributed by atoms with van der Waals surface area (Å²) in [4.78, 5) is 15.6. The van der Waals surface area contributed by atoms with Crippen LogP contribution in [0.1, 0.15) is 19.3 Å². The Hall–Kier alpha value is -1.06. The van der Waals surface area contributed by atoms with Crippen molar-refractivity contribution in [2.24, 2.45) is 22.9 Å². The first-order valence-electron chi connectivity index (χ1n) is 4.56. The van der Waals surface area contributed by atoms with Gasteiger partial charge in [-0.25, -0.2) is 0 Å². The van der Waals surface area contributed by atoms with Gasteiger partial charge in [0.25, 0.3) is 0 Å². The van der Waals surface area contributed by atoms with Crippen molar-refractivity contribution in [1.82, 2.24) is 0 Å². The highest BCUT2D eigenvalue weighted by molar-refractivity contribution is 5.94. The average Bonchev–Trinajstić information content (AvgIpc) is 2.60. The SMILES string of the molecule is CO/N=C1/C[C@H]2CC[C@H]1[C@H]2C(=O)O. The molecule has 2 saturated carbocycles. The minimum absolute atomic E-state index is 0.141. The number of aliphatic carboxylic acids is 1. The Morgan fingerprint density at radius 2 is 2.38 bits per heavy atom. The monoisotopic (exact) mass is 183 g/mol. The molecule has 0 saturated heterocycles. The first kappa shape index (κ1) is 8.53. The Morgan fingerprint density at radius 3 is 2.92 bits per heavy atom. The number of rotatable bonds is 2. The lowest BCUT2D eigenvalue weighted by molar-refractivity contribution is -0.143. The van der Waals surface area contributed by atoms with Crippen molar-refractivity contribution < 1.29 is 14.7 Å². The van der Waals surface area contributed by atoms with Crippen molar-refractivity contribution in [3.63, 3.8) is 0 Å². The second-order valence-electron chi connectivity index (χ2n) is 3.78. The standard InChI is InChI=1S/C9H13NO3/c1-13-10-7-4-5-2-3-6(7)8(5)9(11)12/h5-6,8H,2-4H2,1H3,(H,11,12)/b10-7-/t5-,6-,8+/m1/s1. The van der Waals surface area contributed by atoms with Crippen LogP contribution < -0.4 is 0 Å². The van der Waals surface area contributed by atoms with Crippen LogP contribution in [0.3, 0.4) is 0 Å². The molecule has 0 radical (unpaired) electrons. The smallest absolute Gasteiger partial charge is 0.307 e. The highest BCUT2D eigenvalue weighted by Crippen LogP contribution is 2.47. The van der Waals surface area contributed by atoms with Gasteiger partial charge in [-0.3, -0.25) is 4.79 Å². The van der Waals surface area contributed by atoms with Crippen molar-refractivity contribution in [3.05, 3.63) is 0 Å². The van der Waals surface area contributed by atoms with Crippen LogP contribution in [0.2, 0.25) is 0 Å². The summed E-state index contributed by atoms with van der Waals surface area (Å²) in [6, 6.07) is 0. The van der Waals surface area contributed by atoms with E-state index in [1.165, 1.54) is 7.11 Å². The lowest BCUT2D eigenvalue weighted by atomic mass is 9.98. The Morgan fingerprint density at radius 1 is 1.62 bits per heavy atom. The van der Waals surface area contributed by atoms with Gasteiger partial charge in [0.1, 0.15) is 7.11 Å². The van der Waals surface area contributed by atoms with Gasteiger partial charge in [-0.2, -0.15) is 0 Å². The quantitative estimate of drug-likeness (QED) is 0.652. The summed E-state index contributed by atoms with van der Waals surface area (Å²) in [7, 11) is 1.51. The highest BCUT2D eigenvalue weighted by Gasteiger charge is 2.50. The lowest BCUT2D eigenvalue weighted by Crippen LogP contribution is -2.20. The van der Waals surface area contributed by atoms with Crippen molar-refractivity contribution >= 4 is 11.7 Å². The minimum atomic E-state index is -0.672. The number of hydrogen-bond acceptors (Lipinski definition) is 3. The molecule has 2 aliphatic carbocycles. The first-order chi connectivity index (χ1) is 6.24. The van der Waals surface area contributed by atoms with E-state index in [4.69, 9.17) is 9.94 Å². The maximum atomic E-state index is 10.9. The molecular weight excluding hydrogens is 170 g/mol. The summed E-state index contributed by atoms with van der Waals surface area (Å²) in [5.74, 6) is -0.429. The number of carboxylic acids is 1. The maximum absolute atomic E-state index is 10.9. The normalized spacial score (nSPS) is 39.8. The molecule has 13 heavy (non-hydrogen) atoms. The van der Waals surface area contributed by atoms with E-state index < -0.39 is 5.97 Å². The Bertz CT molecular complexity index is 262. The fourth-order valence-electron chi connectivity index (χ4n) is 2.70. The summed E-state index contributed by atoms with van der Waals surface area (Å²) in [5.41, 5.74) is 0.950. The molecule has 0 amide bonds. The van der Waals surface area contributed by atoms with Crippen molar-refractivity contribution in [3.8, 4) is 0 Å².